The van der Waals surface area contributed by atoms with Gasteiger partial charge in [-0.1, -0.05) is 103 Å². The summed E-state index contributed by atoms with van der Waals surface area (Å²) in [5.41, 5.74) is 0. The number of hydrogen-bond acceptors (Lipinski definition) is 0. The average Bonchev–Trinajstić information content (AvgIpc) is 2.75. The molecule has 0 aromatic heterocycles. The third-order valence-electron chi connectivity index (χ3n) is 7.06. The predicted molar refractivity (Wildman–Crippen MR) is 153 cm³/mol. The van der Waals surface area contributed by atoms with E-state index < -0.39 is 13.3 Å². The van der Waals surface area contributed by atoms with Gasteiger partial charge in [-0.15, -0.1) is 0 Å². The van der Waals surface area contributed by atoms with Crippen LogP contribution in [-0.2, 0) is 0 Å². The van der Waals surface area contributed by atoms with Gasteiger partial charge in [0, 0.05) is 0 Å². The number of hydrogen-bond donors (Lipinski definition) is 0. The van der Waals surface area contributed by atoms with Crippen molar-refractivity contribution in [2.45, 2.75) is 191 Å². The maximum atomic E-state index is 2.68. The number of rotatable bonds is 27. The Morgan fingerprint density at radius 1 is 0.344 bits per heavy atom. The second kappa shape index (κ2) is 26.2. The summed E-state index contributed by atoms with van der Waals surface area (Å²) in [7, 11) is 0. The van der Waals surface area contributed by atoms with Crippen LogP contribution < -0.4 is 0 Å². The first-order valence-electron chi connectivity index (χ1n) is 15.4. The summed E-state index contributed by atoms with van der Waals surface area (Å²) in [5.74, 6) is 7.50. The molecule has 0 bridgehead atoms. The Bertz CT molecular complexity index is 330. The fourth-order valence-corrected chi connectivity index (χ4v) is 7.06. The van der Waals surface area contributed by atoms with Crippen LogP contribution in [0.2, 0.25) is 17.3 Å². The van der Waals surface area contributed by atoms with E-state index in [2.05, 4.69) is 29.4 Å². The normalized spacial score (nSPS) is 12.0. The molecule has 0 N–H and O–H groups in total. The van der Waals surface area contributed by atoms with Crippen LogP contribution in [0, 0.1) is 5.25 Å². The van der Waals surface area contributed by atoms with Crippen LogP contribution >= 0.6 is 0 Å². The Hall–Kier alpha value is 0.543. The molecule has 0 atom stereocenters. The minimum atomic E-state index is -1.36. The van der Waals surface area contributed by atoms with Crippen molar-refractivity contribution in [2.24, 2.45) is 0 Å². The van der Waals surface area contributed by atoms with Gasteiger partial charge in [0.15, 0.2) is 0 Å². The van der Waals surface area contributed by atoms with Crippen molar-refractivity contribution in [3.05, 3.63) is 5.25 Å². The Kier molecular flexibility index (Phi) is 26.6. The minimum absolute atomic E-state index is 1.36. The molecule has 0 heterocycles. The van der Waals surface area contributed by atoms with E-state index in [0.29, 0.717) is 0 Å². The van der Waals surface area contributed by atoms with Gasteiger partial charge in [0.05, 0.1) is 0 Å². The molecule has 193 valence electrons. The van der Waals surface area contributed by atoms with E-state index in [1.54, 1.807) is 0 Å². The topological polar surface area (TPSA) is 0 Å². The molecular weight excluding hydrogens is 445 g/mol. The first-order chi connectivity index (χ1) is 15.6. The van der Waals surface area contributed by atoms with Crippen LogP contribution in [0.5, 0.6) is 0 Å². The second-order valence-corrected chi connectivity index (χ2v) is 22.6. The summed E-state index contributed by atoms with van der Waals surface area (Å²) in [6.45, 7) is 2.31. The van der Waals surface area contributed by atoms with Gasteiger partial charge in [-0.3, -0.25) is 0 Å². The van der Waals surface area contributed by atoms with Crippen molar-refractivity contribution >= 4 is 13.3 Å². The van der Waals surface area contributed by atoms with E-state index >= 15 is 0 Å². The second-order valence-electron chi connectivity index (χ2n) is 11.8. The van der Waals surface area contributed by atoms with E-state index in [1.807, 2.05) is 0 Å². The van der Waals surface area contributed by atoms with Crippen molar-refractivity contribution in [3.8, 4) is 0 Å². The van der Waals surface area contributed by atoms with E-state index in [1.165, 1.54) is 167 Å². The fourth-order valence-electron chi connectivity index (χ4n) is 4.82. The quantitative estimate of drug-likeness (QED) is 0.0762. The van der Waals surface area contributed by atoms with Crippen LogP contribution in [-0.4, -0.2) is 13.3 Å². The number of unbranched alkanes of at least 4 members (excludes halogenated alkanes) is 25. The summed E-state index contributed by atoms with van der Waals surface area (Å²) in [6.07, 6.45) is 38.4. The zero-order valence-corrected chi connectivity index (χ0v) is 25.6. The molecule has 0 unspecified atom stereocenters. The fraction of sp³-hybridized carbons (Fsp3) is 0.968. The molecule has 0 nitrogen and oxygen atoms in total. The van der Waals surface area contributed by atoms with Gasteiger partial charge < -0.3 is 0 Å². The predicted octanol–water partition coefficient (Wildman–Crippen LogP) is 12.2. The zero-order chi connectivity index (χ0) is 23.6. The van der Waals surface area contributed by atoms with Gasteiger partial charge in [0.2, 0.25) is 0 Å². The summed E-state index contributed by atoms with van der Waals surface area (Å²) < 4.78 is 0. The van der Waals surface area contributed by atoms with Gasteiger partial charge in [-0.25, -0.2) is 0 Å². The van der Waals surface area contributed by atoms with Crippen LogP contribution in [0.3, 0.4) is 0 Å². The van der Waals surface area contributed by atoms with Gasteiger partial charge in [-0.2, -0.15) is 0 Å². The van der Waals surface area contributed by atoms with Gasteiger partial charge in [0.25, 0.3) is 0 Å². The van der Waals surface area contributed by atoms with E-state index in [-0.39, 0.29) is 0 Å². The Morgan fingerprint density at radius 3 is 0.781 bits per heavy atom. The Labute approximate surface area is 209 Å². The van der Waals surface area contributed by atoms with Crippen molar-refractivity contribution in [3.63, 3.8) is 0 Å². The zero-order valence-electron chi connectivity index (χ0n) is 23.5. The molecule has 0 saturated carbocycles. The van der Waals surface area contributed by atoms with Crippen LogP contribution in [0.1, 0.15) is 174 Å². The van der Waals surface area contributed by atoms with Crippen molar-refractivity contribution in [1.82, 2.24) is 0 Å². The molecule has 0 aromatic carbocycles. The Balaban J connectivity index is 3.02. The summed E-state index contributed by atoms with van der Waals surface area (Å²) in [4.78, 5) is 0. The first kappa shape index (κ1) is 32.5. The standard InChI is InChI=1S/C31H65Ge/c1-5-6-7-8-9-10-11-12-13-14-15-16-17-18-19-20-21-22-23-24-25-26-27-28-29-30-31-32(2,3)4/h31H,5-30H2,1-4H3. The van der Waals surface area contributed by atoms with Gasteiger partial charge in [0.1, 0.15) is 0 Å². The van der Waals surface area contributed by atoms with E-state index in [9.17, 15) is 0 Å². The SMILES string of the molecule is CCCCCCCCCCCCCCCCCCCCCCCCCCC[CH][Ge]([CH3])([CH3])[CH3]. The molecular formula is C31H65Ge. The van der Waals surface area contributed by atoms with Crippen LogP contribution in [0.15, 0.2) is 0 Å². The van der Waals surface area contributed by atoms with Gasteiger partial charge >= 0.3 is 106 Å². The van der Waals surface area contributed by atoms with Gasteiger partial charge in [-0.05, 0) is 0 Å². The molecule has 0 aliphatic carbocycles. The maximum absolute atomic E-state index is 2.68. The summed E-state index contributed by atoms with van der Waals surface area (Å²) in [6, 6.07) is 0. The van der Waals surface area contributed by atoms with E-state index in [4.69, 9.17) is 0 Å². The first-order valence-corrected chi connectivity index (χ1v) is 22.9. The molecule has 0 amide bonds. The molecule has 0 saturated heterocycles. The van der Waals surface area contributed by atoms with Crippen LogP contribution in [0.25, 0.3) is 0 Å². The van der Waals surface area contributed by atoms with Crippen molar-refractivity contribution in [2.75, 3.05) is 0 Å². The van der Waals surface area contributed by atoms with Crippen molar-refractivity contribution < 1.29 is 0 Å². The third kappa shape index (κ3) is 30.5. The Morgan fingerprint density at radius 2 is 0.562 bits per heavy atom. The molecule has 32 heavy (non-hydrogen) atoms. The molecule has 0 fully saturated rings. The molecule has 0 aliphatic heterocycles. The van der Waals surface area contributed by atoms with Crippen molar-refractivity contribution in [1.29, 1.82) is 0 Å². The molecule has 0 spiro atoms. The third-order valence-corrected chi connectivity index (χ3v) is 10.2. The summed E-state index contributed by atoms with van der Waals surface area (Å²) in [5, 5.41) is 2.68. The molecule has 1 radical (unpaired) electrons. The molecule has 0 aliphatic rings. The molecule has 0 rings (SSSR count). The molecule has 0 aromatic rings. The molecule has 1 heteroatoms. The van der Waals surface area contributed by atoms with Crippen LogP contribution in [0.4, 0.5) is 0 Å². The average molecular weight is 510 g/mol. The summed E-state index contributed by atoms with van der Waals surface area (Å²) >= 11 is -1.36. The monoisotopic (exact) mass is 511 g/mol. The van der Waals surface area contributed by atoms with E-state index in [0.717, 1.165) is 0 Å².